The number of nitrogens with zero attached hydrogens (tertiary/aromatic N) is 2. The van der Waals surface area contributed by atoms with Crippen molar-refractivity contribution in [3.8, 4) is 21.8 Å². The Kier molecular flexibility index (Phi) is 7.54. The first-order valence-electron chi connectivity index (χ1n) is 10.2. The summed E-state index contributed by atoms with van der Waals surface area (Å²) in [6, 6.07) is 5.79. The van der Waals surface area contributed by atoms with E-state index < -0.39 is 5.97 Å². The fourth-order valence-corrected chi connectivity index (χ4v) is 3.79. The van der Waals surface area contributed by atoms with Gasteiger partial charge < -0.3 is 20.4 Å². The lowest BCUT2D eigenvalue weighted by molar-refractivity contribution is 0.0525. The smallest absolute Gasteiger partial charge is 0.339 e. The summed E-state index contributed by atoms with van der Waals surface area (Å²) in [5, 5.41) is 9.21. The zero-order valence-electron chi connectivity index (χ0n) is 18.1. The molecule has 0 atom stereocenters. The van der Waals surface area contributed by atoms with Crippen LogP contribution in [0.2, 0.25) is 0 Å². The zero-order chi connectivity index (χ0) is 22.4. The second-order valence-corrected chi connectivity index (χ2v) is 8.13. The highest BCUT2D eigenvalue weighted by Gasteiger charge is 2.17. The molecule has 0 aliphatic rings. The van der Waals surface area contributed by atoms with Crippen molar-refractivity contribution in [1.82, 2.24) is 20.3 Å². The summed E-state index contributed by atoms with van der Waals surface area (Å²) in [7, 11) is 0. The molecular formula is C22H27N5O3S. The van der Waals surface area contributed by atoms with E-state index in [1.54, 1.807) is 26.1 Å². The summed E-state index contributed by atoms with van der Waals surface area (Å²) >= 11 is 1.43. The Morgan fingerprint density at radius 3 is 2.84 bits per heavy atom. The van der Waals surface area contributed by atoms with Crippen LogP contribution in [-0.2, 0) is 4.74 Å². The van der Waals surface area contributed by atoms with Gasteiger partial charge >= 0.3 is 5.97 Å². The lowest BCUT2D eigenvalue weighted by Crippen LogP contribution is -2.28. The maximum absolute atomic E-state index is 12.5. The van der Waals surface area contributed by atoms with Crippen molar-refractivity contribution in [1.29, 1.82) is 0 Å². The Bertz CT molecular complexity index is 1110. The van der Waals surface area contributed by atoms with Gasteiger partial charge in [-0.15, -0.1) is 11.3 Å². The molecule has 3 heterocycles. The molecule has 3 rings (SSSR count). The fraction of sp³-hybridized carbons (Fsp3) is 0.364. The maximum Gasteiger partial charge on any atom is 0.339 e. The molecular weight excluding hydrogens is 414 g/mol. The number of anilines is 1. The van der Waals surface area contributed by atoms with E-state index in [-0.39, 0.29) is 12.2 Å². The molecule has 31 heavy (non-hydrogen) atoms. The van der Waals surface area contributed by atoms with Crippen molar-refractivity contribution in [2.45, 2.75) is 33.7 Å². The zero-order valence-corrected chi connectivity index (χ0v) is 18.9. The Balaban J connectivity index is 1.82. The van der Waals surface area contributed by atoms with Gasteiger partial charge in [-0.2, -0.15) is 0 Å². The SMILES string of the molecule is CCOC(=O)c1cc(-c2csc(-c3ccnc(NCCNC(C)C)c3)n2)c(=O)[nH]c1C. The van der Waals surface area contributed by atoms with Gasteiger partial charge in [0, 0.05) is 42.0 Å². The molecule has 0 radical (unpaired) electrons. The van der Waals surface area contributed by atoms with Crippen LogP contribution in [0.25, 0.3) is 21.8 Å². The van der Waals surface area contributed by atoms with Gasteiger partial charge in [0.15, 0.2) is 0 Å². The highest BCUT2D eigenvalue weighted by Crippen LogP contribution is 2.29. The van der Waals surface area contributed by atoms with E-state index in [0.29, 0.717) is 28.6 Å². The van der Waals surface area contributed by atoms with Gasteiger partial charge in [-0.3, -0.25) is 4.79 Å². The van der Waals surface area contributed by atoms with Gasteiger partial charge in [0.1, 0.15) is 10.8 Å². The molecule has 9 heteroatoms. The Labute approximate surface area is 185 Å². The molecule has 0 fully saturated rings. The van der Waals surface area contributed by atoms with Gasteiger partial charge in [0.2, 0.25) is 0 Å². The largest absolute Gasteiger partial charge is 0.462 e. The first-order valence-corrected chi connectivity index (χ1v) is 11.1. The maximum atomic E-state index is 12.5. The fourth-order valence-electron chi connectivity index (χ4n) is 2.98. The number of carbonyl (C=O) groups is 1. The highest BCUT2D eigenvalue weighted by molar-refractivity contribution is 7.13. The number of esters is 1. The molecule has 0 aromatic carbocycles. The third kappa shape index (κ3) is 5.77. The number of aromatic amines is 1. The molecule has 3 aromatic heterocycles. The minimum Gasteiger partial charge on any atom is -0.462 e. The molecule has 0 amide bonds. The molecule has 0 saturated heterocycles. The Morgan fingerprint density at radius 1 is 1.29 bits per heavy atom. The van der Waals surface area contributed by atoms with Crippen LogP contribution in [0.5, 0.6) is 0 Å². The average molecular weight is 442 g/mol. The Hall–Kier alpha value is -3.04. The highest BCUT2D eigenvalue weighted by atomic mass is 32.1. The van der Waals surface area contributed by atoms with Gasteiger partial charge in [0.25, 0.3) is 5.56 Å². The molecule has 0 unspecified atom stereocenters. The molecule has 0 bridgehead atoms. The van der Waals surface area contributed by atoms with Crippen molar-refractivity contribution >= 4 is 23.1 Å². The second-order valence-electron chi connectivity index (χ2n) is 7.27. The van der Waals surface area contributed by atoms with Crippen molar-refractivity contribution in [3.63, 3.8) is 0 Å². The van der Waals surface area contributed by atoms with E-state index in [0.717, 1.165) is 29.5 Å². The number of aryl methyl sites for hydroxylation is 1. The average Bonchev–Trinajstić information content (AvgIpc) is 3.21. The predicted molar refractivity (Wildman–Crippen MR) is 124 cm³/mol. The van der Waals surface area contributed by atoms with Crippen LogP contribution >= 0.6 is 11.3 Å². The Morgan fingerprint density at radius 2 is 2.10 bits per heavy atom. The van der Waals surface area contributed by atoms with Crippen LogP contribution in [0.15, 0.2) is 34.6 Å². The van der Waals surface area contributed by atoms with Crippen LogP contribution < -0.4 is 16.2 Å². The monoisotopic (exact) mass is 441 g/mol. The molecule has 164 valence electrons. The number of aromatic nitrogens is 3. The third-order valence-corrected chi connectivity index (χ3v) is 5.40. The summed E-state index contributed by atoms with van der Waals surface area (Å²) in [4.78, 5) is 36.4. The van der Waals surface area contributed by atoms with Crippen LogP contribution in [0.4, 0.5) is 5.82 Å². The molecule has 3 aromatic rings. The van der Waals surface area contributed by atoms with Crippen molar-refractivity contribution in [2.75, 3.05) is 25.0 Å². The number of pyridine rings is 2. The lowest BCUT2D eigenvalue weighted by atomic mass is 10.1. The lowest BCUT2D eigenvalue weighted by Gasteiger charge is -2.09. The van der Waals surface area contributed by atoms with Crippen molar-refractivity contribution < 1.29 is 9.53 Å². The quantitative estimate of drug-likeness (QED) is 0.345. The number of hydrogen-bond acceptors (Lipinski definition) is 8. The summed E-state index contributed by atoms with van der Waals surface area (Å²) in [5.41, 5.74) is 2.26. The minimum absolute atomic E-state index is 0.263. The summed E-state index contributed by atoms with van der Waals surface area (Å²) < 4.78 is 5.08. The molecule has 0 saturated carbocycles. The van der Waals surface area contributed by atoms with Crippen LogP contribution in [0.1, 0.15) is 36.8 Å². The molecule has 8 nitrogen and oxygen atoms in total. The minimum atomic E-state index is -0.468. The topological polar surface area (TPSA) is 109 Å². The van der Waals surface area contributed by atoms with Crippen molar-refractivity contribution in [3.05, 3.63) is 51.4 Å². The number of H-pyrrole nitrogens is 1. The van der Waals surface area contributed by atoms with Gasteiger partial charge in [0.05, 0.1) is 23.4 Å². The van der Waals surface area contributed by atoms with E-state index in [9.17, 15) is 9.59 Å². The number of ether oxygens (including phenoxy) is 1. The van der Waals surface area contributed by atoms with Gasteiger partial charge in [-0.05, 0) is 32.0 Å². The van der Waals surface area contributed by atoms with Gasteiger partial charge in [-0.25, -0.2) is 14.8 Å². The van der Waals surface area contributed by atoms with E-state index >= 15 is 0 Å². The second kappa shape index (κ2) is 10.3. The van der Waals surface area contributed by atoms with E-state index in [2.05, 4.69) is 39.4 Å². The molecule has 0 aliphatic carbocycles. The van der Waals surface area contributed by atoms with Crippen LogP contribution in [-0.4, -0.2) is 46.7 Å². The molecule has 3 N–H and O–H groups in total. The molecule has 0 aliphatic heterocycles. The standard InChI is InChI=1S/C22H27N5O3S/c1-5-30-22(29)16-11-17(20(28)26-14(16)4)18-12-31-21(27-18)15-6-7-24-19(10-15)25-9-8-23-13(2)3/h6-7,10-13,23H,5,8-9H2,1-4H3,(H,24,25)(H,26,28). The molecule has 0 spiro atoms. The first-order chi connectivity index (χ1) is 14.9. The van der Waals surface area contributed by atoms with E-state index in [4.69, 9.17) is 4.74 Å². The van der Waals surface area contributed by atoms with Crippen molar-refractivity contribution in [2.24, 2.45) is 0 Å². The normalized spacial score (nSPS) is 11.0. The van der Waals surface area contributed by atoms with Crippen LogP contribution in [0, 0.1) is 6.92 Å². The summed E-state index contributed by atoms with van der Waals surface area (Å²) in [6.07, 6.45) is 1.73. The predicted octanol–water partition coefficient (Wildman–Crippen LogP) is 3.46. The number of thiazole rings is 1. The first kappa shape index (κ1) is 22.6. The summed E-state index contributed by atoms with van der Waals surface area (Å²) in [5.74, 6) is 0.294. The number of hydrogen-bond donors (Lipinski definition) is 3. The van der Waals surface area contributed by atoms with Crippen LogP contribution in [0.3, 0.4) is 0 Å². The number of rotatable bonds is 9. The van der Waals surface area contributed by atoms with Gasteiger partial charge in [-0.1, -0.05) is 13.8 Å². The number of nitrogens with one attached hydrogen (secondary N) is 3. The summed E-state index contributed by atoms with van der Waals surface area (Å²) in [6.45, 7) is 9.48. The number of carbonyl (C=O) groups excluding carboxylic acids is 1. The van der Waals surface area contributed by atoms with E-state index in [1.807, 2.05) is 17.5 Å². The van der Waals surface area contributed by atoms with E-state index in [1.165, 1.54) is 11.3 Å². The third-order valence-electron chi connectivity index (χ3n) is 4.50.